The Labute approximate surface area is 101 Å². The molecular formula is C9H10N6O3. The van der Waals surface area contributed by atoms with Gasteiger partial charge in [-0.05, 0) is 6.42 Å². The van der Waals surface area contributed by atoms with Crippen LogP contribution in [0.1, 0.15) is 17.0 Å². The lowest BCUT2D eigenvalue weighted by molar-refractivity contribution is -0.123. The molecule has 9 heteroatoms. The van der Waals surface area contributed by atoms with Gasteiger partial charge < -0.3 is 10.2 Å². The number of likely N-dealkylation sites (tertiary alicyclic amines) is 1. The fraction of sp³-hybridized carbons (Fsp3) is 0.444. The van der Waals surface area contributed by atoms with Crippen molar-refractivity contribution < 1.29 is 14.4 Å². The van der Waals surface area contributed by atoms with E-state index in [0.29, 0.717) is 13.0 Å². The standard InChI is InChI=1S/C9H10N6O3/c16-6(5-10-4-11-14-5)15-2-1-9(3-15)7(17)12-8(18)13-9/h4H,1-3H2,(H,10,11,14)(H2,12,13,17,18). The number of hydrogen-bond acceptors (Lipinski definition) is 5. The van der Waals surface area contributed by atoms with Gasteiger partial charge in [0.05, 0.1) is 6.54 Å². The summed E-state index contributed by atoms with van der Waals surface area (Å²) in [4.78, 5) is 40.1. The minimum Gasteiger partial charge on any atom is -0.333 e. The second kappa shape index (κ2) is 3.52. The highest BCUT2D eigenvalue weighted by Crippen LogP contribution is 2.25. The number of carbonyl (C=O) groups is 3. The van der Waals surface area contributed by atoms with Gasteiger partial charge in [-0.1, -0.05) is 0 Å². The predicted molar refractivity (Wildman–Crippen MR) is 56.3 cm³/mol. The average molecular weight is 250 g/mol. The molecule has 1 aromatic rings. The summed E-state index contributed by atoms with van der Waals surface area (Å²) in [6, 6.07) is -0.519. The zero-order valence-electron chi connectivity index (χ0n) is 9.27. The Morgan fingerprint density at radius 2 is 2.28 bits per heavy atom. The van der Waals surface area contributed by atoms with Crippen LogP contribution in [0.25, 0.3) is 0 Å². The molecule has 0 radical (unpaired) electrons. The molecule has 0 bridgehead atoms. The minimum atomic E-state index is -0.993. The Morgan fingerprint density at radius 3 is 2.89 bits per heavy atom. The van der Waals surface area contributed by atoms with Crippen LogP contribution in [0.4, 0.5) is 4.79 Å². The molecule has 1 spiro atoms. The molecule has 0 aliphatic carbocycles. The molecule has 0 aromatic carbocycles. The van der Waals surface area contributed by atoms with Crippen LogP contribution < -0.4 is 10.6 Å². The molecular weight excluding hydrogens is 240 g/mol. The van der Waals surface area contributed by atoms with Crippen LogP contribution in [-0.2, 0) is 4.79 Å². The van der Waals surface area contributed by atoms with E-state index >= 15 is 0 Å². The maximum Gasteiger partial charge on any atom is 0.322 e. The average Bonchev–Trinajstić information content (AvgIpc) is 3.01. The highest BCUT2D eigenvalue weighted by atomic mass is 16.2. The number of H-pyrrole nitrogens is 1. The normalized spacial score (nSPS) is 26.6. The van der Waals surface area contributed by atoms with E-state index in [2.05, 4.69) is 25.8 Å². The molecule has 2 aliphatic heterocycles. The molecule has 9 nitrogen and oxygen atoms in total. The summed E-state index contributed by atoms with van der Waals surface area (Å²) in [7, 11) is 0. The van der Waals surface area contributed by atoms with Gasteiger partial charge >= 0.3 is 6.03 Å². The number of carbonyl (C=O) groups excluding carboxylic acids is 3. The van der Waals surface area contributed by atoms with Gasteiger partial charge in [0.25, 0.3) is 11.8 Å². The van der Waals surface area contributed by atoms with Gasteiger partial charge in [-0.15, -0.1) is 0 Å². The van der Waals surface area contributed by atoms with Gasteiger partial charge in [0.15, 0.2) is 0 Å². The van der Waals surface area contributed by atoms with E-state index in [0.717, 1.165) is 0 Å². The number of aromatic nitrogens is 3. The molecule has 2 aliphatic rings. The van der Waals surface area contributed by atoms with E-state index < -0.39 is 11.6 Å². The number of urea groups is 1. The van der Waals surface area contributed by atoms with Crippen molar-refractivity contribution in [1.82, 2.24) is 30.7 Å². The first-order valence-corrected chi connectivity index (χ1v) is 5.39. The molecule has 18 heavy (non-hydrogen) atoms. The Morgan fingerprint density at radius 1 is 1.44 bits per heavy atom. The number of hydrogen-bond donors (Lipinski definition) is 3. The first kappa shape index (κ1) is 10.7. The van der Waals surface area contributed by atoms with Crippen LogP contribution in [0.2, 0.25) is 0 Å². The lowest BCUT2D eigenvalue weighted by Crippen LogP contribution is -2.49. The number of imide groups is 1. The minimum absolute atomic E-state index is 0.122. The first-order valence-electron chi connectivity index (χ1n) is 5.39. The highest BCUT2D eigenvalue weighted by Gasteiger charge is 2.51. The van der Waals surface area contributed by atoms with Crippen molar-refractivity contribution in [2.24, 2.45) is 0 Å². The van der Waals surface area contributed by atoms with E-state index in [4.69, 9.17) is 0 Å². The number of aromatic amines is 1. The lowest BCUT2D eigenvalue weighted by atomic mass is 10.00. The molecule has 4 amide bonds. The zero-order chi connectivity index (χ0) is 12.8. The van der Waals surface area contributed by atoms with Crippen molar-refractivity contribution >= 4 is 17.8 Å². The summed E-state index contributed by atoms with van der Waals surface area (Å²) < 4.78 is 0. The highest BCUT2D eigenvalue weighted by molar-refractivity contribution is 6.08. The van der Waals surface area contributed by atoms with Gasteiger partial charge in [0.2, 0.25) is 5.82 Å². The Kier molecular flexibility index (Phi) is 2.09. The number of nitrogens with one attached hydrogen (secondary N) is 3. The van der Waals surface area contributed by atoms with Gasteiger partial charge in [-0.2, -0.15) is 5.10 Å². The van der Waals surface area contributed by atoms with Crippen LogP contribution in [-0.4, -0.2) is 56.6 Å². The summed E-state index contributed by atoms with van der Waals surface area (Å²) in [6.07, 6.45) is 1.63. The Hall–Kier alpha value is -2.45. The molecule has 1 aromatic heterocycles. The van der Waals surface area contributed by atoms with E-state index in [1.807, 2.05) is 0 Å². The quantitative estimate of drug-likeness (QED) is 0.509. The second-order valence-corrected chi connectivity index (χ2v) is 4.30. The van der Waals surface area contributed by atoms with Gasteiger partial charge in [0, 0.05) is 6.54 Å². The van der Waals surface area contributed by atoms with E-state index in [-0.39, 0.29) is 24.2 Å². The Balaban J connectivity index is 1.78. The summed E-state index contributed by atoms with van der Waals surface area (Å²) in [5.74, 6) is -0.601. The van der Waals surface area contributed by atoms with E-state index in [1.165, 1.54) is 11.2 Å². The third-order valence-corrected chi connectivity index (χ3v) is 3.19. The van der Waals surface area contributed by atoms with Crippen LogP contribution in [0.3, 0.4) is 0 Å². The van der Waals surface area contributed by atoms with Crippen molar-refractivity contribution in [2.45, 2.75) is 12.0 Å². The van der Waals surface area contributed by atoms with Crippen LogP contribution in [0.5, 0.6) is 0 Å². The molecule has 94 valence electrons. The molecule has 1 unspecified atom stereocenters. The largest absolute Gasteiger partial charge is 0.333 e. The molecule has 0 saturated carbocycles. The smallest absolute Gasteiger partial charge is 0.322 e. The molecule has 2 saturated heterocycles. The third kappa shape index (κ3) is 1.44. The van der Waals surface area contributed by atoms with Crippen molar-refractivity contribution in [3.8, 4) is 0 Å². The van der Waals surface area contributed by atoms with Gasteiger partial charge in [-0.25, -0.2) is 9.78 Å². The molecule has 3 N–H and O–H groups in total. The SMILES string of the molecule is O=C1NC(=O)C2(CCN(C(=O)c3ncn[nH]3)C2)N1. The van der Waals surface area contributed by atoms with Crippen LogP contribution in [0, 0.1) is 0 Å². The molecule has 1 atom stereocenters. The van der Waals surface area contributed by atoms with Crippen molar-refractivity contribution in [1.29, 1.82) is 0 Å². The molecule has 2 fully saturated rings. The fourth-order valence-electron chi connectivity index (χ4n) is 2.26. The number of amides is 4. The van der Waals surface area contributed by atoms with Crippen molar-refractivity contribution in [3.05, 3.63) is 12.2 Å². The maximum absolute atomic E-state index is 12.0. The lowest BCUT2D eigenvalue weighted by Gasteiger charge is -2.20. The maximum atomic E-state index is 12.0. The summed E-state index contributed by atoms with van der Waals surface area (Å²) in [5, 5.41) is 10.8. The summed E-state index contributed by atoms with van der Waals surface area (Å²) >= 11 is 0. The Bertz CT molecular complexity index is 526. The summed E-state index contributed by atoms with van der Waals surface area (Å²) in [6.45, 7) is 0.525. The van der Waals surface area contributed by atoms with Gasteiger partial charge in [-0.3, -0.25) is 20.0 Å². The van der Waals surface area contributed by atoms with Gasteiger partial charge in [0.1, 0.15) is 11.9 Å². The van der Waals surface area contributed by atoms with E-state index in [9.17, 15) is 14.4 Å². The number of nitrogens with zero attached hydrogens (tertiary/aromatic N) is 3. The molecule has 3 heterocycles. The number of rotatable bonds is 1. The topological polar surface area (TPSA) is 120 Å². The summed E-state index contributed by atoms with van der Waals surface area (Å²) in [5.41, 5.74) is -0.993. The first-order chi connectivity index (χ1) is 8.61. The van der Waals surface area contributed by atoms with Crippen LogP contribution >= 0.6 is 0 Å². The zero-order valence-corrected chi connectivity index (χ0v) is 9.27. The van der Waals surface area contributed by atoms with Crippen LogP contribution in [0.15, 0.2) is 6.33 Å². The van der Waals surface area contributed by atoms with E-state index in [1.54, 1.807) is 0 Å². The predicted octanol–water partition coefficient (Wildman–Crippen LogP) is -1.77. The second-order valence-electron chi connectivity index (χ2n) is 4.30. The van der Waals surface area contributed by atoms with Crippen molar-refractivity contribution in [2.75, 3.05) is 13.1 Å². The van der Waals surface area contributed by atoms with Crippen molar-refractivity contribution in [3.63, 3.8) is 0 Å². The third-order valence-electron chi connectivity index (χ3n) is 3.19. The fourth-order valence-corrected chi connectivity index (χ4v) is 2.26. The monoisotopic (exact) mass is 250 g/mol. The molecule has 3 rings (SSSR count).